The smallest absolute Gasteiger partial charge is 0.303 e. The van der Waals surface area contributed by atoms with Gasteiger partial charge in [0.15, 0.2) is 0 Å². The Balaban J connectivity index is 1.36. The van der Waals surface area contributed by atoms with Crippen molar-refractivity contribution < 1.29 is 34.2 Å². The van der Waals surface area contributed by atoms with Crippen LogP contribution in [0.2, 0.25) is 5.02 Å². The summed E-state index contributed by atoms with van der Waals surface area (Å²) in [6, 6.07) is 21.2. The van der Waals surface area contributed by atoms with Crippen molar-refractivity contribution >= 4 is 46.9 Å². The minimum atomic E-state index is -1.38. The number of carboxylic acids is 1. The van der Waals surface area contributed by atoms with Gasteiger partial charge in [-0.2, -0.15) is 0 Å². The fourth-order valence-corrected chi connectivity index (χ4v) is 9.17. The van der Waals surface area contributed by atoms with Crippen LogP contribution < -0.4 is 4.90 Å². The number of nitrogens with zero attached hydrogens (tertiary/aromatic N) is 2. The summed E-state index contributed by atoms with van der Waals surface area (Å²) < 4.78 is 0. The molecule has 0 spiro atoms. The third-order valence-corrected chi connectivity index (χ3v) is 11.3. The standard InChI is InChI=1S/C39H37ClN2O7/c1-22-19-23(14-17-31(22)43)34-27-15-16-28-33(37(48)41(35(28)46)18-7-3-6-13-32(44)45)29(27)21-30-36(47)42(26-12-8-11-25(40)20-26)38(49)39(30,34)24-9-4-2-5-10-24/h2,4-5,8-12,14-15,17,19-20,28-30,33-34,43H,3,6-7,13,16,18,21H2,1H3,(H,44,45)/t28-,29+,30-,33-,34-,39+/m0/s1. The van der Waals surface area contributed by atoms with E-state index >= 15 is 4.79 Å². The Morgan fingerprint density at radius 1 is 0.898 bits per heavy atom. The molecule has 0 bridgehead atoms. The Labute approximate surface area is 289 Å². The van der Waals surface area contributed by atoms with E-state index < -0.39 is 41.0 Å². The number of hydrogen-bond acceptors (Lipinski definition) is 6. The number of amides is 4. The Bertz CT molecular complexity index is 1910. The highest BCUT2D eigenvalue weighted by molar-refractivity contribution is 6.32. The SMILES string of the molecule is Cc1cc([C@H]2C3=CC[C@@H]4C(=O)N(CCCCCC(=O)O)C(=O)[C@@H]4[C@@H]3C[C@H]3C(=O)N(c4cccc(Cl)c4)C(=O)[C@@]23c2ccccc2)ccc1O. The first kappa shape index (κ1) is 32.8. The largest absolute Gasteiger partial charge is 0.508 e. The van der Waals surface area contributed by atoms with E-state index in [0.29, 0.717) is 47.5 Å². The number of carbonyl (C=O) groups excluding carboxylic acids is 4. The number of phenols is 1. The van der Waals surface area contributed by atoms with Crippen LogP contribution in [0.4, 0.5) is 5.69 Å². The zero-order valence-electron chi connectivity index (χ0n) is 27.1. The van der Waals surface area contributed by atoms with Gasteiger partial charge in [0.25, 0.3) is 0 Å². The maximum atomic E-state index is 15.2. The second-order valence-corrected chi connectivity index (χ2v) is 14.1. The number of fused-ring (bicyclic) bond motifs is 4. The molecule has 4 amide bonds. The summed E-state index contributed by atoms with van der Waals surface area (Å²) in [6.45, 7) is 1.99. The van der Waals surface area contributed by atoms with Gasteiger partial charge < -0.3 is 10.2 Å². The molecule has 2 aliphatic heterocycles. The molecule has 49 heavy (non-hydrogen) atoms. The highest BCUT2D eigenvalue weighted by Crippen LogP contribution is 2.64. The average Bonchev–Trinajstić information content (AvgIpc) is 3.46. The van der Waals surface area contributed by atoms with Gasteiger partial charge in [0.05, 0.1) is 28.9 Å². The first-order valence-electron chi connectivity index (χ1n) is 16.8. The predicted molar refractivity (Wildman–Crippen MR) is 182 cm³/mol. The van der Waals surface area contributed by atoms with E-state index in [1.807, 2.05) is 42.5 Å². The summed E-state index contributed by atoms with van der Waals surface area (Å²) in [5, 5.41) is 19.9. The molecule has 0 aromatic heterocycles. The Hall–Kier alpha value is -4.76. The van der Waals surface area contributed by atoms with E-state index in [4.69, 9.17) is 16.7 Å². The Morgan fingerprint density at radius 2 is 1.67 bits per heavy atom. The summed E-state index contributed by atoms with van der Waals surface area (Å²) in [7, 11) is 0. The molecule has 7 rings (SSSR count). The summed E-state index contributed by atoms with van der Waals surface area (Å²) in [6.07, 6.45) is 4.11. The first-order chi connectivity index (χ1) is 23.5. The summed E-state index contributed by atoms with van der Waals surface area (Å²) in [4.78, 5) is 71.4. The highest BCUT2D eigenvalue weighted by atomic mass is 35.5. The third kappa shape index (κ3) is 5.17. The predicted octanol–water partition coefficient (Wildman–Crippen LogP) is 6.16. The lowest BCUT2D eigenvalue weighted by molar-refractivity contribution is -0.141. The number of phenolic OH excluding ortho intramolecular Hbond substituents is 1. The van der Waals surface area contributed by atoms with Gasteiger partial charge in [0.2, 0.25) is 23.6 Å². The lowest BCUT2D eigenvalue weighted by Gasteiger charge is -2.50. The third-order valence-electron chi connectivity index (χ3n) is 11.1. The van der Waals surface area contributed by atoms with E-state index in [1.165, 1.54) is 9.80 Å². The number of anilines is 1. The van der Waals surface area contributed by atoms with Crippen LogP contribution in [0, 0.1) is 30.6 Å². The molecule has 9 nitrogen and oxygen atoms in total. The number of unbranched alkanes of at least 4 members (excludes halogenated alkanes) is 2. The van der Waals surface area contributed by atoms with Crippen LogP contribution in [-0.4, -0.2) is 51.3 Å². The van der Waals surface area contributed by atoms with Gasteiger partial charge >= 0.3 is 5.97 Å². The van der Waals surface area contributed by atoms with Gasteiger partial charge in [-0.05, 0) is 79.5 Å². The highest BCUT2D eigenvalue weighted by Gasteiger charge is 2.70. The van der Waals surface area contributed by atoms with Crippen molar-refractivity contribution in [2.45, 2.75) is 56.8 Å². The second kappa shape index (κ2) is 12.6. The topological polar surface area (TPSA) is 132 Å². The molecule has 1 saturated carbocycles. The van der Waals surface area contributed by atoms with Gasteiger partial charge in [-0.25, -0.2) is 4.90 Å². The van der Waals surface area contributed by atoms with Crippen molar-refractivity contribution in [2.24, 2.45) is 23.7 Å². The summed E-state index contributed by atoms with van der Waals surface area (Å²) in [5.74, 6) is -5.36. The molecular formula is C39H37ClN2O7. The number of halogens is 1. The number of aliphatic carboxylic acids is 1. The minimum Gasteiger partial charge on any atom is -0.508 e. The van der Waals surface area contributed by atoms with Crippen molar-refractivity contribution in [3.05, 3.63) is 106 Å². The van der Waals surface area contributed by atoms with Crippen molar-refractivity contribution in [1.82, 2.24) is 4.90 Å². The molecule has 2 saturated heterocycles. The number of likely N-dealkylation sites (tertiary alicyclic amines) is 1. The van der Waals surface area contributed by atoms with Crippen LogP contribution in [-0.2, 0) is 29.4 Å². The number of imide groups is 2. The average molecular weight is 681 g/mol. The number of allylic oxidation sites excluding steroid dienone is 2. The quantitative estimate of drug-likeness (QED) is 0.157. The van der Waals surface area contributed by atoms with Crippen molar-refractivity contribution in [1.29, 1.82) is 0 Å². The van der Waals surface area contributed by atoms with E-state index in [0.717, 1.165) is 11.1 Å². The van der Waals surface area contributed by atoms with E-state index in [1.54, 1.807) is 43.3 Å². The van der Waals surface area contributed by atoms with Gasteiger partial charge in [-0.3, -0.25) is 28.9 Å². The second-order valence-electron chi connectivity index (χ2n) is 13.7. The summed E-state index contributed by atoms with van der Waals surface area (Å²) >= 11 is 6.37. The van der Waals surface area contributed by atoms with Crippen LogP contribution in [0.15, 0.2) is 84.4 Å². The van der Waals surface area contributed by atoms with Crippen LogP contribution in [0.1, 0.15) is 61.1 Å². The molecule has 6 atom stereocenters. The van der Waals surface area contributed by atoms with Crippen LogP contribution >= 0.6 is 11.6 Å². The maximum Gasteiger partial charge on any atom is 0.303 e. The molecule has 0 unspecified atom stereocenters. The first-order valence-corrected chi connectivity index (χ1v) is 17.2. The fourth-order valence-electron chi connectivity index (χ4n) is 8.99. The minimum absolute atomic E-state index is 0.0319. The number of hydrogen-bond donors (Lipinski definition) is 2. The molecular weight excluding hydrogens is 644 g/mol. The molecule has 10 heteroatoms. The Kier molecular flexibility index (Phi) is 8.43. The lowest BCUT2D eigenvalue weighted by Crippen LogP contribution is -2.53. The van der Waals surface area contributed by atoms with Crippen molar-refractivity contribution in [2.75, 3.05) is 11.4 Å². The zero-order valence-corrected chi connectivity index (χ0v) is 27.8. The van der Waals surface area contributed by atoms with E-state index in [9.17, 15) is 24.3 Å². The molecule has 0 radical (unpaired) electrons. The lowest BCUT2D eigenvalue weighted by atomic mass is 9.49. The van der Waals surface area contributed by atoms with Crippen molar-refractivity contribution in [3.8, 4) is 5.75 Å². The van der Waals surface area contributed by atoms with Crippen LogP contribution in [0.3, 0.4) is 0 Å². The van der Waals surface area contributed by atoms with Crippen LogP contribution in [0.5, 0.6) is 5.75 Å². The van der Waals surface area contributed by atoms with Gasteiger partial charge in [-0.1, -0.05) is 78.2 Å². The maximum absolute atomic E-state index is 15.2. The molecule has 2 heterocycles. The molecule has 252 valence electrons. The van der Waals surface area contributed by atoms with Gasteiger partial charge in [-0.15, -0.1) is 0 Å². The molecule has 3 fully saturated rings. The fraction of sp³-hybridized carbons (Fsp3) is 0.359. The Morgan fingerprint density at radius 3 is 2.39 bits per heavy atom. The molecule has 4 aliphatic rings. The number of carbonyl (C=O) groups is 5. The molecule has 2 N–H and O–H groups in total. The van der Waals surface area contributed by atoms with Gasteiger partial charge in [0.1, 0.15) is 5.75 Å². The molecule has 3 aromatic carbocycles. The normalized spacial score (nSPS) is 27.6. The molecule has 2 aliphatic carbocycles. The number of aryl methyl sites for hydroxylation is 1. The van der Waals surface area contributed by atoms with Gasteiger partial charge in [0, 0.05) is 23.9 Å². The molecule has 3 aromatic rings. The number of carboxylic acid groups (broad SMARTS) is 1. The monoisotopic (exact) mass is 680 g/mol. The van der Waals surface area contributed by atoms with Crippen molar-refractivity contribution in [3.63, 3.8) is 0 Å². The zero-order chi connectivity index (χ0) is 34.6. The number of aromatic hydroxyl groups is 1. The number of rotatable bonds is 9. The van der Waals surface area contributed by atoms with E-state index in [2.05, 4.69) is 0 Å². The van der Waals surface area contributed by atoms with E-state index in [-0.39, 0.29) is 48.8 Å². The van der Waals surface area contributed by atoms with Crippen LogP contribution in [0.25, 0.3) is 0 Å². The summed E-state index contributed by atoms with van der Waals surface area (Å²) in [5.41, 5.74) is 1.86. The number of benzene rings is 3.